The molecule has 0 saturated carbocycles. The topological polar surface area (TPSA) is 83.5 Å². The monoisotopic (exact) mass is 209 g/mol. The van der Waals surface area contributed by atoms with Crippen LogP contribution < -0.4 is 5.32 Å². The van der Waals surface area contributed by atoms with E-state index in [0.29, 0.717) is 24.1 Å². The molecule has 5 nitrogen and oxygen atoms in total. The highest BCUT2D eigenvalue weighted by molar-refractivity contribution is 6.23. The van der Waals surface area contributed by atoms with E-state index in [4.69, 9.17) is 5.11 Å². The van der Waals surface area contributed by atoms with E-state index in [1.165, 1.54) is 0 Å². The van der Waals surface area contributed by atoms with Crippen molar-refractivity contribution < 1.29 is 19.5 Å². The minimum absolute atomic E-state index is 0.508. The van der Waals surface area contributed by atoms with Crippen molar-refractivity contribution in [3.63, 3.8) is 0 Å². The second-order valence-corrected chi connectivity index (χ2v) is 3.79. The number of aliphatic carboxylic acids is 1. The highest BCUT2D eigenvalue weighted by atomic mass is 16.4. The summed E-state index contributed by atoms with van der Waals surface area (Å²) in [7, 11) is 0. The van der Waals surface area contributed by atoms with Crippen molar-refractivity contribution in [2.45, 2.75) is 25.7 Å². The summed E-state index contributed by atoms with van der Waals surface area (Å²) in [5, 5.41) is 11.3. The first kappa shape index (κ1) is 9.89. The maximum atomic E-state index is 11.7. The van der Waals surface area contributed by atoms with E-state index in [2.05, 4.69) is 5.32 Å². The molecule has 0 fully saturated rings. The first-order valence-electron chi connectivity index (χ1n) is 4.91. The van der Waals surface area contributed by atoms with Gasteiger partial charge < -0.3 is 10.4 Å². The van der Waals surface area contributed by atoms with Gasteiger partial charge in [0.2, 0.25) is 5.91 Å². The smallest absolute Gasteiger partial charge is 0.324 e. The van der Waals surface area contributed by atoms with E-state index in [0.717, 1.165) is 12.8 Å². The van der Waals surface area contributed by atoms with Gasteiger partial charge in [-0.2, -0.15) is 0 Å². The Morgan fingerprint density at radius 2 is 1.93 bits per heavy atom. The molecule has 0 spiro atoms. The number of hydrogen-bond donors (Lipinski definition) is 2. The SMILES string of the molecule is O=C(O)C1C(=O)NC2=C(CCCC2)C1=O. The molecule has 0 aromatic heterocycles. The van der Waals surface area contributed by atoms with Crippen molar-refractivity contribution >= 4 is 17.7 Å². The summed E-state index contributed by atoms with van der Waals surface area (Å²) in [5.41, 5.74) is 1.14. The average molecular weight is 209 g/mol. The molecule has 0 radical (unpaired) electrons. The van der Waals surface area contributed by atoms with E-state index in [-0.39, 0.29) is 0 Å². The van der Waals surface area contributed by atoms with E-state index < -0.39 is 23.6 Å². The Morgan fingerprint density at radius 1 is 1.27 bits per heavy atom. The molecule has 0 aromatic carbocycles. The van der Waals surface area contributed by atoms with Crippen LogP contribution in [0.1, 0.15) is 25.7 Å². The molecule has 1 aliphatic heterocycles. The van der Waals surface area contributed by atoms with Crippen molar-refractivity contribution in [3.05, 3.63) is 11.3 Å². The standard InChI is InChI=1S/C10H11NO4/c12-8-5-3-1-2-4-6(5)11-9(13)7(8)10(14)15/h7H,1-4H2,(H,11,13)(H,14,15). The fourth-order valence-electron chi connectivity index (χ4n) is 2.05. The highest BCUT2D eigenvalue weighted by Gasteiger charge is 2.41. The van der Waals surface area contributed by atoms with E-state index >= 15 is 0 Å². The number of carboxylic acid groups (broad SMARTS) is 1. The van der Waals surface area contributed by atoms with Crippen LogP contribution in [0.5, 0.6) is 0 Å². The van der Waals surface area contributed by atoms with Crippen LogP contribution in [0.15, 0.2) is 11.3 Å². The summed E-state index contributed by atoms with van der Waals surface area (Å²) in [6, 6.07) is 0. The number of carbonyl (C=O) groups excluding carboxylic acids is 2. The summed E-state index contributed by atoms with van der Waals surface area (Å²) >= 11 is 0. The first-order chi connectivity index (χ1) is 7.11. The predicted molar refractivity (Wildman–Crippen MR) is 49.8 cm³/mol. The minimum atomic E-state index is -1.54. The van der Waals surface area contributed by atoms with Crippen LogP contribution in [0.25, 0.3) is 0 Å². The fraction of sp³-hybridized carbons (Fsp3) is 0.500. The van der Waals surface area contributed by atoms with Gasteiger partial charge in [-0.25, -0.2) is 0 Å². The highest BCUT2D eigenvalue weighted by Crippen LogP contribution is 2.29. The molecule has 0 aromatic rings. The minimum Gasteiger partial charge on any atom is -0.480 e. The van der Waals surface area contributed by atoms with E-state index in [1.54, 1.807) is 0 Å². The molecule has 15 heavy (non-hydrogen) atoms. The quantitative estimate of drug-likeness (QED) is 0.605. The van der Waals surface area contributed by atoms with Gasteiger partial charge in [-0.3, -0.25) is 14.4 Å². The average Bonchev–Trinajstić information content (AvgIpc) is 2.17. The molecule has 1 amide bonds. The lowest BCUT2D eigenvalue weighted by Gasteiger charge is -2.27. The van der Waals surface area contributed by atoms with Gasteiger partial charge in [0.15, 0.2) is 11.7 Å². The Labute approximate surface area is 86.2 Å². The molecule has 1 aliphatic carbocycles. The summed E-state index contributed by atoms with van der Waals surface area (Å²) in [6.07, 6.45) is 3.06. The number of ketones is 1. The van der Waals surface area contributed by atoms with Gasteiger partial charge >= 0.3 is 5.97 Å². The summed E-state index contributed by atoms with van der Waals surface area (Å²) in [5.74, 6) is -4.13. The lowest BCUT2D eigenvalue weighted by atomic mass is 9.84. The van der Waals surface area contributed by atoms with Crippen LogP contribution >= 0.6 is 0 Å². The number of nitrogens with one attached hydrogen (secondary N) is 1. The van der Waals surface area contributed by atoms with Crippen molar-refractivity contribution in [3.8, 4) is 0 Å². The van der Waals surface area contributed by atoms with Crippen LogP contribution in [0.4, 0.5) is 0 Å². The number of Topliss-reactive ketones (excluding diaryl/α,β-unsaturated/α-hetero) is 1. The van der Waals surface area contributed by atoms with Crippen LogP contribution in [0.2, 0.25) is 0 Å². The number of carbonyl (C=O) groups is 3. The van der Waals surface area contributed by atoms with Gasteiger partial charge in [0.25, 0.3) is 0 Å². The Morgan fingerprint density at radius 3 is 2.60 bits per heavy atom. The van der Waals surface area contributed by atoms with Crippen molar-refractivity contribution in [2.24, 2.45) is 5.92 Å². The first-order valence-corrected chi connectivity index (χ1v) is 4.91. The van der Waals surface area contributed by atoms with Crippen LogP contribution in [-0.4, -0.2) is 22.8 Å². The maximum absolute atomic E-state index is 11.7. The lowest BCUT2D eigenvalue weighted by molar-refractivity contribution is -0.150. The van der Waals surface area contributed by atoms with Crippen LogP contribution in [0, 0.1) is 5.92 Å². The van der Waals surface area contributed by atoms with Gasteiger partial charge in [0.05, 0.1) is 0 Å². The molecule has 1 unspecified atom stereocenters. The van der Waals surface area contributed by atoms with E-state index in [1.807, 2.05) is 0 Å². The van der Waals surface area contributed by atoms with Gasteiger partial charge in [0, 0.05) is 11.3 Å². The second kappa shape index (κ2) is 3.49. The third-order valence-corrected chi connectivity index (χ3v) is 2.81. The molecule has 2 aliphatic rings. The Bertz CT molecular complexity index is 383. The number of hydrogen-bond acceptors (Lipinski definition) is 3. The van der Waals surface area contributed by atoms with Crippen LogP contribution in [-0.2, 0) is 14.4 Å². The molecular formula is C10H11NO4. The molecule has 1 atom stereocenters. The van der Waals surface area contributed by atoms with Gasteiger partial charge in [-0.15, -0.1) is 0 Å². The predicted octanol–water partition coefficient (Wildman–Crippen LogP) is 0.214. The number of rotatable bonds is 1. The third kappa shape index (κ3) is 1.54. The maximum Gasteiger partial charge on any atom is 0.324 e. The zero-order valence-corrected chi connectivity index (χ0v) is 8.08. The Hall–Kier alpha value is -1.65. The summed E-state index contributed by atoms with van der Waals surface area (Å²) in [6.45, 7) is 0. The molecule has 1 heterocycles. The van der Waals surface area contributed by atoms with Gasteiger partial charge in [0.1, 0.15) is 0 Å². The van der Waals surface area contributed by atoms with Crippen molar-refractivity contribution in [2.75, 3.05) is 0 Å². The second-order valence-electron chi connectivity index (χ2n) is 3.79. The zero-order valence-electron chi connectivity index (χ0n) is 8.08. The third-order valence-electron chi connectivity index (χ3n) is 2.81. The van der Waals surface area contributed by atoms with Crippen molar-refractivity contribution in [1.29, 1.82) is 0 Å². The summed E-state index contributed by atoms with van der Waals surface area (Å²) in [4.78, 5) is 33.8. The molecule has 5 heteroatoms. The lowest BCUT2D eigenvalue weighted by Crippen LogP contribution is -2.46. The summed E-state index contributed by atoms with van der Waals surface area (Å²) < 4.78 is 0. The zero-order chi connectivity index (χ0) is 11.0. The fourth-order valence-corrected chi connectivity index (χ4v) is 2.05. The number of carboxylic acids is 1. The normalized spacial score (nSPS) is 26.0. The molecule has 2 N–H and O–H groups in total. The molecule has 2 rings (SSSR count). The number of amides is 1. The molecule has 0 saturated heterocycles. The van der Waals surface area contributed by atoms with Crippen LogP contribution in [0.3, 0.4) is 0 Å². The largest absolute Gasteiger partial charge is 0.480 e. The number of allylic oxidation sites excluding steroid dienone is 2. The molecule has 80 valence electrons. The Balaban J connectivity index is 2.37. The molecular weight excluding hydrogens is 198 g/mol. The van der Waals surface area contributed by atoms with Crippen molar-refractivity contribution in [1.82, 2.24) is 5.32 Å². The van der Waals surface area contributed by atoms with Gasteiger partial charge in [-0.1, -0.05) is 0 Å². The van der Waals surface area contributed by atoms with Gasteiger partial charge in [-0.05, 0) is 25.7 Å². The Kier molecular flexibility index (Phi) is 2.30. The molecule has 0 bridgehead atoms. The van der Waals surface area contributed by atoms with E-state index in [9.17, 15) is 14.4 Å².